The Morgan fingerprint density at radius 3 is 1.25 bits per heavy atom. The second-order valence-electron chi connectivity index (χ2n) is 26.2. The van der Waals surface area contributed by atoms with Crippen LogP contribution in [0.15, 0.2) is 48.5 Å². The minimum absolute atomic E-state index is 0.00183. The Balaban J connectivity index is 1.05. The molecule has 2 atom stereocenters. The second kappa shape index (κ2) is 51.4. The lowest BCUT2D eigenvalue weighted by Crippen LogP contribution is -2.44. The zero-order valence-corrected chi connectivity index (χ0v) is 58.9. The molecule has 0 aromatic heterocycles. The molecule has 97 heavy (non-hydrogen) atoms. The number of carbonyl (C=O) groups is 9. The van der Waals surface area contributed by atoms with Crippen LogP contribution < -0.4 is 31.9 Å². The second-order valence-corrected chi connectivity index (χ2v) is 26.2. The van der Waals surface area contributed by atoms with Crippen LogP contribution in [-0.4, -0.2) is 194 Å². The van der Waals surface area contributed by atoms with Crippen molar-refractivity contribution in [3.63, 3.8) is 0 Å². The summed E-state index contributed by atoms with van der Waals surface area (Å²) < 4.78 is 48.8. The number of hydrogen-bond donors (Lipinski definition) is 7. The number of esters is 2. The van der Waals surface area contributed by atoms with E-state index in [4.69, 9.17) is 42.6 Å². The number of nitrogens with one attached hydrogen (secondary N) is 6. The fourth-order valence-electron chi connectivity index (χ4n) is 10.5. The van der Waals surface area contributed by atoms with Crippen molar-refractivity contribution in [2.75, 3.05) is 112 Å². The molecule has 0 spiro atoms. The van der Waals surface area contributed by atoms with Crippen LogP contribution in [0.2, 0.25) is 0 Å². The number of carboxylic acids is 1. The fraction of sp³-hybridized carbons (Fsp3) is 0.708. The topological polar surface area (TPSA) is 329 Å². The van der Waals surface area contributed by atoms with Crippen LogP contribution >= 0.6 is 0 Å². The minimum atomic E-state index is -1.18. The van der Waals surface area contributed by atoms with Gasteiger partial charge in [-0.2, -0.15) is 0 Å². The molecular weight excluding hydrogens is 1250 g/mol. The summed E-state index contributed by atoms with van der Waals surface area (Å²) in [5, 5.41) is 25.7. The van der Waals surface area contributed by atoms with Crippen LogP contribution in [0.5, 0.6) is 0 Å². The third-order valence-corrected chi connectivity index (χ3v) is 15.3. The fourth-order valence-corrected chi connectivity index (χ4v) is 10.5. The molecule has 0 bridgehead atoms. The van der Waals surface area contributed by atoms with E-state index < -0.39 is 41.3 Å². The van der Waals surface area contributed by atoms with Gasteiger partial charge in [0.1, 0.15) is 49.7 Å². The summed E-state index contributed by atoms with van der Waals surface area (Å²) in [7, 11) is 0. The van der Waals surface area contributed by atoms with Crippen molar-refractivity contribution in [3.8, 4) is 11.1 Å². The van der Waals surface area contributed by atoms with E-state index in [-0.39, 0.29) is 166 Å². The molecule has 6 amide bonds. The van der Waals surface area contributed by atoms with E-state index in [0.717, 1.165) is 60.8 Å². The molecule has 1 aliphatic carbocycles. The summed E-state index contributed by atoms with van der Waals surface area (Å²) in [6, 6.07) is 13.8. The molecule has 1 aliphatic rings. The van der Waals surface area contributed by atoms with Crippen molar-refractivity contribution in [2.24, 2.45) is 0 Å². The van der Waals surface area contributed by atoms with Crippen molar-refractivity contribution >= 4 is 53.5 Å². The van der Waals surface area contributed by atoms with E-state index in [2.05, 4.69) is 31.9 Å². The van der Waals surface area contributed by atoms with Gasteiger partial charge in [0.2, 0.25) is 29.5 Å². The van der Waals surface area contributed by atoms with Gasteiger partial charge >= 0.3 is 24.0 Å². The highest BCUT2D eigenvalue weighted by atomic mass is 16.6. The van der Waals surface area contributed by atoms with E-state index >= 15 is 0 Å². The van der Waals surface area contributed by atoms with Crippen LogP contribution in [0.1, 0.15) is 206 Å². The summed E-state index contributed by atoms with van der Waals surface area (Å²) in [5.74, 6) is -3.57. The molecule has 2 aromatic carbocycles. The molecule has 0 aliphatic heterocycles. The number of fused-ring (bicyclic) bond motifs is 3. The molecule has 0 fully saturated rings. The van der Waals surface area contributed by atoms with Gasteiger partial charge in [-0.3, -0.25) is 28.8 Å². The van der Waals surface area contributed by atoms with Crippen LogP contribution in [0.3, 0.4) is 0 Å². The van der Waals surface area contributed by atoms with Crippen molar-refractivity contribution in [3.05, 3.63) is 59.7 Å². The Kier molecular flexibility index (Phi) is 44.8. The molecule has 0 saturated carbocycles. The zero-order chi connectivity index (χ0) is 70.8. The molecular formula is C72H116N6O19. The van der Waals surface area contributed by atoms with Gasteiger partial charge in [-0.15, -0.1) is 0 Å². The number of benzene rings is 2. The maximum atomic E-state index is 13.0. The zero-order valence-electron chi connectivity index (χ0n) is 58.9. The van der Waals surface area contributed by atoms with E-state index in [9.17, 15) is 48.3 Å². The van der Waals surface area contributed by atoms with Crippen molar-refractivity contribution < 1.29 is 90.9 Å². The average Bonchev–Trinajstić information content (AvgIpc) is 1.62. The Morgan fingerprint density at radius 2 is 0.804 bits per heavy atom. The van der Waals surface area contributed by atoms with Gasteiger partial charge in [0.05, 0.1) is 59.5 Å². The minimum Gasteiger partial charge on any atom is -0.480 e. The lowest BCUT2D eigenvalue weighted by molar-refractivity contribution is -0.159. The number of amides is 6. The summed E-state index contributed by atoms with van der Waals surface area (Å²) in [6.45, 7) is 13.1. The number of rotatable bonds is 57. The highest BCUT2D eigenvalue weighted by Crippen LogP contribution is 2.44. The molecule has 548 valence electrons. The van der Waals surface area contributed by atoms with Gasteiger partial charge in [0.15, 0.2) is 0 Å². The van der Waals surface area contributed by atoms with Crippen molar-refractivity contribution in [2.45, 2.75) is 218 Å². The maximum Gasteiger partial charge on any atom is 0.407 e. The third-order valence-electron chi connectivity index (χ3n) is 15.3. The van der Waals surface area contributed by atoms with Crippen LogP contribution in [0, 0.1) is 0 Å². The van der Waals surface area contributed by atoms with Crippen molar-refractivity contribution in [1.82, 2.24) is 31.9 Å². The molecule has 7 N–H and O–H groups in total. The predicted octanol–water partition coefficient (Wildman–Crippen LogP) is 8.68. The predicted molar refractivity (Wildman–Crippen MR) is 366 cm³/mol. The standard InChI is InChI=1S/C72H116N6O19/c1-71(2,3)96-67(84)35-22-20-18-16-14-12-10-8-7-9-11-13-15-17-19-21-34-63(80)77-61(69(87)97-72(4,5)6)36-37-62(79)74-39-42-89-45-49-93-53-65(82)76-41-44-91-47-50-94-54-66(83)75-40-43-90-46-48-92-52-64(81)73-38-28-27-33-60(68(85)86)78-70(88)95-51-59-57-31-25-23-29-55(57)56-30-24-26-32-58(56)59/h23-26,29-32,59-61H,7-22,27-28,33-54H2,1-6H3,(H,73,81)(H,74,79)(H,75,83)(H,76,82)(H,77,80)(H,78,88)(H,85,86)/t60-,61-/m0/s1. The first-order valence-corrected chi connectivity index (χ1v) is 35.2. The van der Waals surface area contributed by atoms with Gasteiger partial charge in [0.25, 0.3) is 0 Å². The lowest BCUT2D eigenvalue weighted by atomic mass is 9.98. The number of unbranched alkanes of at least 4 members (excludes halogenated alkanes) is 16. The summed E-state index contributed by atoms with van der Waals surface area (Å²) in [4.78, 5) is 111. The first-order valence-electron chi connectivity index (χ1n) is 35.2. The molecule has 0 unspecified atom stereocenters. The summed E-state index contributed by atoms with van der Waals surface area (Å²) >= 11 is 0. The first kappa shape index (κ1) is 84.5. The van der Waals surface area contributed by atoms with E-state index in [1.165, 1.54) is 64.2 Å². The quantitative estimate of drug-likeness (QED) is 0.0185. The molecule has 2 aromatic rings. The molecule has 0 heterocycles. The van der Waals surface area contributed by atoms with Crippen LogP contribution in [0.4, 0.5) is 4.79 Å². The number of carbonyl (C=O) groups excluding carboxylic acids is 8. The summed E-state index contributed by atoms with van der Waals surface area (Å²) in [5.41, 5.74) is 3.11. The van der Waals surface area contributed by atoms with Gasteiger partial charge in [-0.1, -0.05) is 138 Å². The van der Waals surface area contributed by atoms with Gasteiger partial charge in [-0.05, 0) is 102 Å². The third kappa shape index (κ3) is 43.3. The molecule has 25 heteroatoms. The van der Waals surface area contributed by atoms with E-state index in [1.54, 1.807) is 20.8 Å². The number of alkyl carbamates (subject to hydrolysis) is 1. The van der Waals surface area contributed by atoms with Crippen LogP contribution in [0.25, 0.3) is 11.1 Å². The largest absolute Gasteiger partial charge is 0.480 e. The Bertz CT molecular complexity index is 2550. The number of hydrogen-bond acceptors (Lipinski definition) is 18. The SMILES string of the molecule is CC(C)(C)OC(=O)CCCCCCCCCCCCCCCCCCC(=O)N[C@@H](CCC(=O)NCCOCCOCC(=O)NCCOCCOCC(=O)NCCOCCOCC(=O)NCCCC[C@H](NC(=O)OCC1c2ccccc2-c2ccccc21)C(=O)O)C(=O)OC(C)(C)C. The van der Waals surface area contributed by atoms with Crippen LogP contribution in [-0.2, 0) is 81.0 Å². The molecule has 0 saturated heterocycles. The highest BCUT2D eigenvalue weighted by molar-refractivity contribution is 5.86. The maximum absolute atomic E-state index is 13.0. The summed E-state index contributed by atoms with van der Waals surface area (Å²) in [6.07, 6.45) is 19.4. The normalized spacial score (nSPS) is 12.6. The van der Waals surface area contributed by atoms with Gasteiger partial charge in [-0.25, -0.2) is 14.4 Å². The Labute approximate surface area is 575 Å². The molecule has 3 rings (SSSR count). The monoisotopic (exact) mass is 1370 g/mol. The van der Waals surface area contributed by atoms with E-state index in [1.807, 2.05) is 69.3 Å². The average molecular weight is 1370 g/mol. The highest BCUT2D eigenvalue weighted by Gasteiger charge is 2.31. The van der Waals surface area contributed by atoms with Gasteiger partial charge in [0, 0.05) is 51.4 Å². The number of aliphatic carboxylic acids is 1. The number of carboxylic acid groups (broad SMARTS) is 1. The van der Waals surface area contributed by atoms with Crippen molar-refractivity contribution in [1.29, 1.82) is 0 Å². The van der Waals surface area contributed by atoms with E-state index in [0.29, 0.717) is 32.2 Å². The van der Waals surface area contributed by atoms with Gasteiger partial charge < -0.3 is 79.6 Å². The smallest absolute Gasteiger partial charge is 0.407 e. The molecule has 25 nitrogen and oxygen atoms in total. The number of ether oxygens (including phenoxy) is 9. The Hall–Kier alpha value is -6.77. The first-order chi connectivity index (χ1) is 46.6. The Morgan fingerprint density at radius 1 is 0.402 bits per heavy atom. The lowest BCUT2D eigenvalue weighted by Gasteiger charge is -2.24. The molecule has 0 radical (unpaired) electrons.